The Kier molecular flexibility index (Phi) is 8.97. The lowest BCUT2D eigenvalue weighted by molar-refractivity contribution is 1.28. The minimum Gasteiger partial charge on any atom is -0.311 e. The molecular weight excluding hydrogens is 567 g/mol. The summed E-state index contributed by atoms with van der Waals surface area (Å²) in [4.78, 5) is 2.32. The van der Waals surface area contributed by atoms with Crippen LogP contribution in [0.4, 0.5) is 17.1 Å². The first-order valence-corrected chi connectivity index (χ1v) is 16.0. The molecule has 0 amide bonds. The molecule has 47 heavy (non-hydrogen) atoms. The maximum Gasteiger partial charge on any atom is 0.0462 e. The summed E-state index contributed by atoms with van der Waals surface area (Å²) >= 11 is 0. The van der Waals surface area contributed by atoms with Crippen molar-refractivity contribution < 1.29 is 0 Å². The number of hydrogen-bond donors (Lipinski definition) is 0. The summed E-state index contributed by atoms with van der Waals surface area (Å²) in [5.41, 5.74) is 12.8. The molecule has 0 spiro atoms. The van der Waals surface area contributed by atoms with E-state index in [0.29, 0.717) is 0 Å². The van der Waals surface area contributed by atoms with Crippen LogP contribution < -0.4 is 4.90 Å². The third-order valence-electron chi connectivity index (χ3n) is 8.28. The summed E-state index contributed by atoms with van der Waals surface area (Å²) in [6, 6.07) is 70.7. The van der Waals surface area contributed by atoms with Gasteiger partial charge >= 0.3 is 0 Å². The Bertz CT molecular complexity index is 1930. The fourth-order valence-corrected chi connectivity index (χ4v) is 5.94. The third kappa shape index (κ3) is 7.06. The van der Waals surface area contributed by atoms with Crippen LogP contribution in [0.1, 0.15) is 33.4 Å². The van der Waals surface area contributed by atoms with Crippen molar-refractivity contribution in [2.24, 2.45) is 0 Å². The van der Waals surface area contributed by atoms with E-state index >= 15 is 0 Å². The highest BCUT2D eigenvalue weighted by atomic mass is 15.1. The Labute approximate surface area is 278 Å². The third-order valence-corrected chi connectivity index (χ3v) is 8.28. The molecule has 7 rings (SSSR count). The summed E-state index contributed by atoms with van der Waals surface area (Å²) in [6.07, 6.45) is 4.54. The highest BCUT2D eigenvalue weighted by molar-refractivity contribution is 5.93. The fraction of sp³-hybridized carbons (Fsp3) is 0. The van der Waals surface area contributed by atoms with Gasteiger partial charge in [0.1, 0.15) is 0 Å². The molecule has 1 heteroatoms. The highest BCUT2D eigenvalue weighted by Crippen LogP contribution is 2.37. The van der Waals surface area contributed by atoms with Gasteiger partial charge < -0.3 is 4.90 Å². The largest absolute Gasteiger partial charge is 0.311 e. The molecule has 0 heterocycles. The number of para-hydroxylation sites is 1. The summed E-state index contributed by atoms with van der Waals surface area (Å²) in [7, 11) is 0. The van der Waals surface area contributed by atoms with E-state index < -0.39 is 0 Å². The molecule has 0 aliphatic heterocycles. The van der Waals surface area contributed by atoms with Crippen molar-refractivity contribution >= 4 is 40.4 Å². The van der Waals surface area contributed by atoms with Crippen molar-refractivity contribution in [1.29, 1.82) is 0 Å². The van der Waals surface area contributed by atoms with E-state index in [1.165, 1.54) is 44.5 Å². The number of hydrogen-bond acceptors (Lipinski definition) is 1. The molecule has 0 unspecified atom stereocenters. The zero-order chi connectivity index (χ0) is 31.7. The molecular formula is C46H35N. The molecule has 7 aromatic carbocycles. The Balaban J connectivity index is 1.27. The van der Waals surface area contributed by atoms with E-state index in [0.717, 1.165) is 17.1 Å². The maximum absolute atomic E-state index is 2.32. The molecule has 0 atom stereocenters. The highest BCUT2D eigenvalue weighted by Gasteiger charge is 2.15. The van der Waals surface area contributed by atoms with Gasteiger partial charge in [0.15, 0.2) is 0 Å². The van der Waals surface area contributed by atoms with E-state index in [1.54, 1.807) is 0 Å². The minimum absolute atomic E-state index is 1.10. The second-order valence-corrected chi connectivity index (χ2v) is 11.4. The van der Waals surface area contributed by atoms with E-state index in [2.05, 4.69) is 217 Å². The molecule has 0 fully saturated rings. The Morgan fingerprint density at radius 1 is 0.277 bits per heavy atom. The molecule has 1 nitrogen and oxygen atoms in total. The lowest BCUT2D eigenvalue weighted by atomic mass is 9.95. The first kappa shape index (κ1) is 29.5. The first-order chi connectivity index (χ1) is 23.3. The van der Waals surface area contributed by atoms with Crippen LogP contribution in [-0.4, -0.2) is 0 Å². The van der Waals surface area contributed by atoms with Gasteiger partial charge in [-0.1, -0.05) is 164 Å². The number of anilines is 3. The molecule has 0 aromatic heterocycles. The van der Waals surface area contributed by atoms with Crippen LogP contribution >= 0.6 is 0 Å². The van der Waals surface area contributed by atoms with Crippen LogP contribution in [0.2, 0.25) is 0 Å². The van der Waals surface area contributed by atoms with Gasteiger partial charge in [0.2, 0.25) is 0 Å². The van der Waals surface area contributed by atoms with Crippen LogP contribution in [0.5, 0.6) is 0 Å². The number of nitrogens with zero attached hydrogens (tertiary/aromatic N) is 1. The van der Waals surface area contributed by atoms with Gasteiger partial charge in [-0.3, -0.25) is 0 Å². The molecule has 0 saturated carbocycles. The van der Waals surface area contributed by atoms with Crippen molar-refractivity contribution in [3.63, 3.8) is 0 Å². The van der Waals surface area contributed by atoms with Crippen molar-refractivity contribution in [3.05, 3.63) is 234 Å². The lowest BCUT2D eigenvalue weighted by Gasteiger charge is -2.26. The molecule has 0 aliphatic carbocycles. The van der Waals surface area contributed by atoms with Crippen molar-refractivity contribution in [3.8, 4) is 0 Å². The SMILES string of the molecule is C(=C(\c1ccccc1)c1ccc(N(c2ccccc2)c2ccc(/C(=C\c3ccccc3)c3ccccc3)cc2)cc1)/c1ccccc1. The minimum atomic E-state index is 1.10. The molecule has 224 valence electrons. The van der Waals surface area contributed by atoms with Crippen LogP contribution in [-0.2, 0) is 0 Å². The maximum atomic E-state index is 2.32. The van der Waals surface area contributed by atoms with Crippen LogP contribution in [0.25, 0.3) is 23.3 Å². The van der Waals surface area contributed by atoms with Crippen molar-refractivity contribution in [2.75, 3.05) is 4.90 Å². The smallest absolute Gasteiger partial charge is 0.0462 e. The zero-order valence-electron chi connectivity index (χ0n) is 26.2. The van der Waals surface area contributed by atoms with Crippen molar-refractivity contribution in [1.82, 2.24) is 0 Å². The summed E-state index contributed by atoms with van der Waals surface area (Å²) in [5, 5.41) is 0. The average Bonchev–Trinajstić information content (AvgIpc) is 3.16. The Morgan fingerprint density at radius 2 is 0.553 bits per heavy atom. The van der Waals surface area contributed by atoms with E-state index in [-0.39, 0.29) is 0 Å². The van der Waals surface area contributed by atoms with E-state index in [4.69, 9.17) is 0 Å². The van der Waals surface area contributed by atoms with Gasteiger partial charge in [-0.15, -0.1) is 0 Å². The summed E-state index contributed by atoms with van der Waals surface area (Å²) < 4.78 is 0. The van der Waals surface area contributed by atoms with Crippen LogP contribution in [0.3, 0.4) is 0 Å². The molecule has 7 aromatic rings. The van der Waals surface area contributed by atoms with Gasteiger partial charge in [0.05, 0.1) is 0 Å². The van der Waals surface area contributed by atoms with Gasteiger partial charge in [-0.25, -0.2) is 0 Å². The average molecular weight is 602 g/mol. The normalized spacial score (nSPS) is 11.7. The predicted molar refractivity (Wildman–Crippen MR) is 201 cm³/mol. The second-order valence-electron chi connectivity index (χ2n) is 11.4. The standard InChI is InChI=1S/C46H35N/c1-6-16-36(17-7-1)34-45(38-20-10-3-11-21-38)40-26-30-43(31-27-40)47(42-24-14-5-15-25-42)44-32-28-41(29-33-44)46(39-22-12-4-13-23-39)35-37-18-8-2-9-19-37/h1-35H/b45-34-,46-35-. The zero-order valence-corrected chi connectivity index (χ0v) is 26.2. The lowest BCUT2D eigenvalue weighted by Crippen LogP contribution is -2.10. The summed E-state index contributed by atoms with van der Waals surface area (Å²) in [6.45, 7) is 0. The second kappa shape index (κ2) is 14.3. The quantitative estimate of drug-likeness (QED) is 0.149. The summed E-state index contributed by atoms with van der Waals surface area (Å²) in [5.74, 6) is 0. The van der Waals surface area contributed by atoms with E-state index in [1.807, 2.05) is 0 Å². The van der Waals surface area contributed by atoms with E-state index in [9.17, 15) is 0 Å². The molecule has 0 N–H and O–H groups in total. The topological polar surface area (TPSA) is 3.24 Å². The first-order valence-electron chi connectivity index (χ1n) is 16.0. The van der Waals surface area contributed by atoms with Crippen LogP contribution in [0.15, 0.2) is 200 Å². The van der Waals surface area contributed by atoms with Gasteiger partial charge in [-0.2, -0.15) is 0 Å². The Morgan fingerprint density at radius 3 is 0.915 bits per heavy atom. The molecule has 0 radical (unpaired) electrons. The van der Waals surface area contributed by atoms with Gasteiger partial charge in [0.25, 0.3) is 0 Å². The monoisotopic (exact) mass is 601 g/mol. The predicted octanol–water partition coefficient (Wildman–Crippen LogP) is 12.3. The molecule has 0 aliphatic rings. The molecule has 0 bridgehead atoms. The van der Waals surface area contributed by atoms with Gasteiger partial charge in [-0.05, 0) is 93.1 Å². The molecule has 0 saturated heterocycles. The number of benzene rings is 7. The van der Waals surface area contributed by atoms with Crippen molar-refractivity contribution in [2.45, 2.75) is 0 Å². The van der Waals surface area contributed by atoms with Crippen LogP contribution in [0, 0.1) is 0 Å². The van der Waals surface area contributed by atoms with Gasteiger partial charge in [0, 0.05) is 17.1 Å². The fourth-order valence-electron chi connectivity index (χ4n) is 5.94. The number of rotatable bonds is 9. The Hall–Kier alpha value is -6.18.